The predicted octanol–water partition coefficient (Wildman–Crippen LogP) is 3.67. The first-order chi connectivity index (χ1) is 12.6. The van der Waals surface area contributed by atoms with Gasteiger partial charge in [-0.3, -0.25) is 10.1 Å². The number of rotatable bonds is 7. The Morgan fingerprint density at radius 1 is 1.12 bits per heavy atom. The molecule has 3 aromatic rings. The fourth-order valence-corrected chi connectivity index (χ4v) is 2.69. The van der Waals surface area contributed by atoms with E-state index in [9.17, 15) is 4.79 Å². The Balaban J connectivity index is 1.54. The molecule has 0 atom stereocenters. The summed E-state index contributed by atoms with van der Waals surface area (Å²) < 4.78 is 8.11. The number of carbonyl (C=O) groups is 1. The first-order valence-electron chi connectivity index (χ1n) is 8.28. The van der Waals surface area contributed by atoms with Crippen LogP contribution < -0.4 is 10.1 Å². The van der Waals surface area contributed by atoms with Crippen LogP contribution in [0.5, 0.6) is 5.75 Å². The van der Waals surface area contributed by atoms with Crippen LogP contribution in [0.4, 0.5) is 5.95 Å². The van der Waals surface area contributed by atoms with Crippen LogP contribution in [0, 0.1) is 0 Å². The zero-order chi connectivity index (χ0) is 18.4. The highest BCUT2D eigenvalue weighted by molar-refractivity contribution is 9.10. The number of amides is 1. The molecule has 0 spiro atoms. The standard InChI is InChI=1S/C19H19BrN4O2/c1-2-26-17-9-5-14(6-10-17)11-18(25)22-19-21-13-24(23-19)12-15-3-7-16(20)8-4-15/h3-10,13H,2,11-12H2,1H3,(H,22,23,25). The van der Waals surface area contributed by atoms with Crippen molar-refractivity contribution in [2.24, 2.45) is 0 Å². The number of benzene rings is 2. The highest BCUT2D eigenvalue weighted by Gasteiger charge is 2.08. The van der Waals surface area contributed by atoms with Gasteiger partial charge in [-0.05, 0) is 42.3 Å². The van der Waals surface area contributed by atoms with Gasteiger partial charge in [0.1, 0.15) is 12.1 Å². The molecule has 1 aromatic heterocycles. The number of hydrogen-bond acceptors (Lipinski definition) is 4. The molecule has 7 heteroatoms. The Kier molecular flexibility index (Phi) is 6.01. The molecule has 1 amide bonds. The van der Waals surface area contributed by atoms with Crippen LogP contribution >= 0.6 is 15.9 Å². The van der Waals surface area contributed by atoms with Gasteiger partial charge >= 0.3 is 0 Å². The van der Waals surface area contributed by atoms with E-state index in [0.29, 0.717) is 19.1 Å². The van der Waals surface area contributed by atoms with Crippen molar-refractivity contribution in [3.63, 3.8) is 0 Å². The Morgan fingerprint density at radius 2 is 1.81 bits per heavy atom. The van der Waals surface area contributed by atoms with Gasteiger partial charge in [0.05, 0.1) is 19.6 Å². The molecule has 26 heavy (non-hydrogen) atoms. The summed E-state index contributed by atoms with van der Waals surface area (Å²) in [7, 11) is 0. The van der Waals surface area contributed by atoms with E-state index in [1.54, 1.807) is 11.0 Å². The lowest BCUT2D eigenvalue weighted by Gasteiger charge is -2.05. The molecule has 0 saturated carbocycles. The number of nitrogens with one attached hydrogen (secondary N) is 1. The number of aromatic nitrogens is 3. The van der Waals surface area contributed by atoms with E-state index in [1.165, 1.54) is 0 Å². The quantitative estimate of drug-likeness (QED) is 0.640. The number of hydrogen-bond donors (Lipinski definition) is 1. The van der Waals surface area contributed by atoms with Crippen LogP contribution in [0.1, 0.15) is 18.1 Å². The highest BCUT2D eigenvalue weighted by Crippen LogP contribution is 2.13. The molecule has 6 nitrogen and oxygen atoms in total. The van der Waals surface area contributed by atoms with Crippen LogP contribution in [0.15, 0.2) is 59.3 Å². The third-order valence-electron chi connectivity index (χ3n) is 3.64. The van der Waals surface area contributed by atoms with E-state index < -0.39 is 0 Å². The van der Waals surface area contributed by atoms with E-state index >= 15 is 0 Å². The van der Waals surface area contributed by atoms with E-state index in [4.69, 9.17) is 4.74 Å². The second-order valence-electron chi connectivity index (χ2n) is 5.69. The van der Waals surface area contributed by atoms with E-state index in [1.807, 2.05) is 55.5 Å². The van der Waals surface area contributed by atoms with Gasteiger partial charge in [-0.2, -0.15) is 0 Å². The predicted molar refractivity (Wildman–Crippen MR) is 103 cm³/mol. The Labute approximate surface area is 160 Å². The Hall–Kier alpha value is -2.67. The first-order valence-corrected chi connectivity index (χ1v) is 9.07. The lowest BCUT2D eigenvalue weighted by Crippen LogP contribution is -2.15. The van der Waals surface area contributed by atoms with Gasteiger partial charge in [0.25, 0.3) is 0 Å². The minimum Gasteiger partial charge on any atom is -0.494 e. The molecule has 0 fully saturated rings. The van der Waals surface area contributed by atoms with E-state index in [0.717, 1.165) is 21.3 Å². The molecule has 0 aliphatic rings. The van der Waals surface area contributed by atoms with Crippen molar-refractivity contribution in [3.8, 4) is 5.75 Å². The number of halogens is 1. The van der Waals surface area contributed by atoms with Crippen LogP contribution in [0.2, 0.25) is 0 Å². The largest absolute Gasteiger partial charge is 0.494 e. The normalized spacial score (nSPS) is 10.5. The van der Waals surface area contributed by atoms with Gasteiger partial charge < -0.3 is 4.74 Å². The fraction of sp³-hybridized carbons (Fsp3) is 0.211. The molecule has 3 rings (SSSR count). The smallest absolute Gasteiger partial charge is 0.248 e. The number of carbonyl (C=O) groups excluding carboxylic acids is 1. The van der Waals surface area contributed by atoms with Gasteiger partial charge in [0, 0.05) is 4.47 Å². The SMILES string of the molecule is CCOc1ccc(CC(=O)Nc2ncn(Cc3ccc(Br)cc3)n2)cc1. The summed E-state index contributed by atoms with van der Waals surface area (Å²) in [6.45, 7) is 3.15. The number of ether oxygens (including phenoxy) is 1. The maximum atomic E-state index is 12.2. The topological polar surface area (TPSA) is 69.0 Å². The average molecular weight is 415 g/mol. The summed E-state index contributed by atoms with van der Waals surface area (Å²) in [6, 6.07) is 15.5. The molecule has 0 bridgehead atoms. The monoisotopic (exact) mass is 414 g/mol. The molecule has 2 aromatic carbocycles. The first kappa shape index (κ1) is 18.1. The Bertz CT molecular complexity index is 860. The summed E-state index contributed by atoms with van der Waals surface area (Å²) >= 11 is 3.41. The maximum absolute atomic E-state index is 12.2. The third-order valence-corrected chi connectivity index (χ3v) is 4.17. The van der Waals surface area contributed by atoms with Crippen LogP contribution in [-0.2, 0) is 17.8 Å². The molecule has 1 heterocycles. The van der Waals surface area contributed by atoms with Crippen molar-refractivity contribution in [2.45, 2.75) is 19.9 Å². The fourth-order valence-electron chi connectivity index (χ4n) is 2.43. The number of nitrogens with zero attached hydrogens (tertiary/aromatic N) is 3. The molecular weight excluding hydrogens is 396 g/mol. The van der Waals surface area contributed by atoms with Crippen molar-refractivity contribution in [2.75, 3.05) is 11.9 Å². The molecule has 0 unspecified atom stereocenters. The van der Waals surface area contributed by atoms with Crippen molar-refractivity contribution >= 4 is 27.8 Å². The van der Waals surface area contributed by atoms with Crippen LogP contribution in [0.25, 0.3) is 0 Å². The van der Waals surface area contributed by atoms with E-state index in [-0.39, 0.29) is 12.3 Å². The third kappa shape index (κ3) is 5.16. The molecule has 1 N–H and O–H groups in total. The zero-order valence-electron chi connectivity index (χ0n) is 14.4. The van der Waals surface area contributed by atoms with Gasteiger partial charge in [0.2, 0.25) is 11.9 Å². The highest BCUT2D eigenvalue weighted by atomic mass is 79.9. The van der Waals surface area contributed by atoms with Gasteiger partial charge in [0.15, 0.2) is 0 Å². The number of anilines is 1. The maximum Gasteiger partial charge on any atom is 0.248 e. The lowest BCUT2D eigenvalue weighted by molar-refractivity contribution is -0.115. The molecule has 0 aliphatic heterocycles. The second kappa shape index (κ2) is 8.62. The van der Waals surface area contributed by atoms with Gasteiger partial charge in [-0.25, -0.2) is 9.67 Å². The van der Waals surface area contributed by atoms with Crippen LogP contribution in [0.3, 0.4) is 0 Å². The molecule has 0 aliphatic carbocycles. The summed E-state index contributed by atoms with van der Waals surface area (Å²) in [4.78, 5) is 16.3. The minimum absolute atomic E-state index is 0.157. The zero-order valence-corrected chi connectivity index (χ0v) is 15.9. The van der Waals surface area contributed by atoms with Gasteiger partial charge in [-0.15, -0.1) is 5.10 Å². The lowest BCUT2D eigenvalue weighted by atomic mass is 10.1. The van der Waals surface area contributed by atoms with E-state index in [2.05, 4.69) is 31.3 Å². The molecule has 0 saturated heterocycles. The minimum atomic E-state index is -0.157. The summed E-state index contributed by atoms with van der Waals surface area (Å²) in [5.41, 5.74) is 2.01. The summed E-state index contributed by atoms with van der Waals surface area (Å²) in [5, 5.41) is 7.01. The summed E-state index contributed by atoms with van der Waals surface area (Å²) in [6.07, 6.45) is 1.86. The van der Waals surface area contributed by atoms with Crippen molar-refractivity contribution in [1.82, 2.24) is 14.8 Å². The molecule has 0 radical (unpaired) electrons. The summed E-state index contributed by atoms with van der Waals surface area (Å²) in [5.74, 6) is 0.943. The van der Waals surface area contributed by atoms with Gasteiger partial charge in [-0.1, -0.05) is 40.2 Å². The molecule has 134 valence electrons. The molecular formula is C19H19BrN4O2. The second-order valence-corrected chi connectivity index (χ2v) is 6.61. The van der Waals surface area contributed by atoms with Crippen molar-refractivity contribution in [3.05, 3.63) is 70.5 Å². The van der Waals surface area contributed by atoms with Crippen molar-refractivity contribution in [1.29, 1.82) is 0 Å². The Morgan fingerprint density at radius 3 is 2.50 bits per heavy atom. The average Bonchev–Trinajstić information content (AvgIpc) is 3.05. The van der Waals surface area contributed by atoms with Crippen LogP contribution in [-0.4, -0.2) is 27.3 Å². The van der Waals surface area contributed by atoms with Crippen molar-refractivity contribution < 1.29 is 9.53 Å².